The minimum Gasteiger partial charge on any atom is -0.478 e. The number of hydrogen-bond donors (Lipinski definition) is 1. The Morgan fingerprint density at radius 1 is 1.35 bits per heavy atom. The Balaban J connectivity index is 1.98. The fraction of sp³-hybridized carbons (Fsp3) is 0.467. The number of imidazole rings is 1. The molecule has 1 heterocycles. The van der Waals surface area contributed by atoms with Gasteiger partial charge in [0.1, 0.15) is 0 Å². The summed E-state index contributed by atoms with van der Waals surface area (Å²) in [5.74, 6) is -0.879. The number of hydrogen-bond acceptors (Lipinski definition) is 3. The second-order valence-corrected chi connectivity index (χ2v) is 6.43. The summed E-state index contributed by atoms with van der Waals surface area (Å²) in [6.45, 7) is 0. The van der Waals surface area contributed by atoms with E-state index in [2.05, 4.69) is 15.8 Å². The molecular formula is C15H18N2O2S. The molecule has 0 unspecified atom stereocenters. The molecule has 0 atom stereocenters. The highest BCUT2D eigenvalue weighted by atomic mass is 32.2. The molecule has 1 aromatic heterocycles. The number of thioether (sulfide) groups is 1. The van der Waals surface area contributed by atoms with Crippen molar-refractivity contribution < 1.29 is 9.90 Å². The summed E-state index contributed by atoms with van der Waals surface area (Å²) in [5.41, 5.74) is 1.90. The van der Waals surface area contributed by atoms with E-state index in [1.807, 2.05) is 17.8 Å². The summed E-state index contributed by atoms with van der Waals surface area (Å²) in [6.07, 6.45) is 8.57. The second-order valence-electron chi connectivity index (χ2n) is 5.30. The number of aromatic carboxylic acids is 1. The van der Waals surface area contributed by atoms with Crippen LogP contribution in [0.3, 0.4) is 0 Å². The zero-order chi connectivity index (χ0) is 14.1. The predicted molar refractivity (Wildman–Crippen MR) is 81.5 cm³/mol. The van der Waals surface area contributed by atoms with E-state index in [1.54, 1.807) is 18.5 Å². The molecule has 0 aliphatic heterocycles. The van der Waals surface area contributed by atoms with E-state index in [0.717, 1.165) is 29.1 Å². The number of aromatic nitrogens is 2. The Morgan fingerprint density at radius 2 is 2.10 bits per heavy atom. The molecule has 0 saturated heterocycles. The monoisotopic (exact) mass is 290 g/mol. The van der Waals surface area contributed by atoms with E-state index in [0.29, 0.717) is 11.6 Å². The van der Waals surface area contributed by atoms with Gasteiger partial charge in [-0.1, -0.05) is 6.07 Å². The molecule has 0 radical (unpaired) electrons. The zero-order valence-corrected chi connectivity index (χ0v) is 12.3. The summed E-state index contributed by atoms with van der Waals surface area (Å²) in [6, 6.07) is 5.68. The zero-order valence-electron chi connectivity index (χ0n) is 11.5. The highest BCUT2D eigenvalue weighted by Gasteiger charge is 2.24. The lowest BCUT2D eigenvalue weighted by atomic mass is 9.94. The SMILES string of the molecule is CSC1CCC(n2cnc3cccc(C(=O)O)c32)CC1. The fourth-order valence-electron chi connectivity index (χ4n) is 3.10. The van der Waals surface area contributed by atoms with Crippen molar-refractivity contribution in [1.82, 2.24) is 9.55 Å². The molecule has 5 heteroatoms. The maximum absolute atomic E-state index is 11.4. The van der Waals surface area contributed by atoms with Gasteiger partial charge in [0.25, 0.3) is 0 Å². The van der Waals surface area contributed by atoms with Gasteiger partial charge in [-0.05, 0) is 44.1 Å². The summed E-state index contributed by atoms with van der Waals surface area (Å²) < 4.78 is 2.08. The van der Waals surface area contributed by atoms with Crippen molar-refractivity contribution in [3.63, 3.8) is 0 Å². The number of carboxylic acid groups (broad SMARTS) is 1. The number of nitrogens with zero attached hydrogens (tertiary/aromatic N) is 2. The maximum atomic E-state index is 11.4. The predicted octanol–water partition coefficient (Wildman–Crippen LogP) is 3.58. The normalized spacial score (nSPS) is 23.1. The van der Waals surface area contributed by atoms with Gasteiger partial charge in [-0.3, -0.25) is 0 Å². The van der Waals surface area contributed by atoms with Gasteiger partial charge in [-0.25, -0.2) is 9.78 Å². The lowest BCUT2D eigenvalue weighted by molar-refractivity contribution is 0.0698. The van der Waals surface area contributed by atoms with Crippen LogP contribution in [-0.2, 0) is 0 Å². The van der Waals surface area contributed by atoms with E-state index in [-0.39, 0.29) is 0 Å². The average Bonchev–Trinajstić information content (AvgIpc) is 2.91. The van der Waals surface area contributed by atoms with Crippen molar-refractivity contribution >= 4 is 28.8 Å². The van der Waals surface area contributed by atoms with Gasteiger partial charge < -0.3 is 9.67 Å². The fourth-order valence-corrected chi connectivity index (χ4v) is 3.84. The first kappa shape index (κ1) is 13.5. The topological polar surface area (TPSA) is 55.1 Å². The number of carbonyl (C=O) groups is 1. The molecular weight excluding hydrogens is 272 g/mol. The van der Waals surface area contributed by atoms with Gasteiger partial charge in [0.15, 0.2) is 0 Å². The summed E-state index contributed by atoms with van der Waals surface area (Å²) in [5, 5.41) is 10.1. The van der Waals surface area contributed by atoms with Crippen LogP contribution in [0.5, 0.6) is 0 Å². The average molecular weight is 290 g/mol. The third-order valence-electron chi connectivity index (χ3n) is 4.20. The molecule has 1 saturated carbocycles. The smallest absolute Gasteiger partial charge is 0.337 e. The quantitative estimate of drug-likeness (QED) is 0.938. The summed E-state index contributed by atoms with van der Waals surface area (Å²) >= 11 is 1.94. The third-order valence-corrected chi connectivity index (χ3v) is 5.33. The molecule has 0 spiro atoms. The third kappa shape index (κ3) is 2.30. The van der Waals surface area contributed by atoms with Crippen LogP contribution in [0.2, 0.25) is 0 Å². The molecule has 1 aliphatic rings. The first-order valence-electron chi connectivity index (χ1n) is 6.92. The standard InChI is InChI=1S/C15H18N2O2S/c1-20-11-7-5-10(6-8-11)17-9-16-13-4-2-3-12(14(13)17)15(18)19/h2-4,9-11H,5-8H2,1H3,(H,18,19). The van der Waals surface area contributed by atoms with Gasteiger partial charge in [-0.2, -0.15) is 11.8 Å². The first-order valence-corrected chi connectivity index (χ1v) is 8.21. The summed E-state index contributed by atoms with van der Waals surface area (Å²) in [7, 11) is 0. The summed E-state index contributed by atoms with van der Waals surface area (Å²) in [4.78, 5) is 15.8. The van der Waals surface area contributed by atoms with E-state index < -0.39 is 5.97 Å². The van der Waals surface area contributed by atoms with Crippen LogP contribution in [0.25, 0.3) is 11.0 Å². The minimum atomic E-state index is -0.879. The largest absolute Gasteiger partial charge is 0.478 e. The van der Waals surface area contributed by atoms with Gasteiger partial charge in [-0.15, -0.1) is 0 Å². The van der Waals surface area contributed by atoms with E-state index >= 15 is 0 Å². The van der Waals surface area contributed by atoms with Crippen molar-refractivity contribution in [3.8, 4) is 0 Å². The van der Waals surface area contributed by atoms with Crippen molar-refractivity contribution in [2.45, 2.75) is 37.0 Å². The van der Waals surface area contributed by atoms with Gasteiger partial charge >= 0.3 is 5.97 Å². The molecule has 1 N–H and O–H groups in total. The van der Waals surface area contributed by atoms with Crippen LogP contribution in [-0.4, -0.2) is 32.1 Å². The van der Waals surface area contributed by atoms with Crippen LogP contribution in [0.1, 0.15) is 42.1 Å². The molecule has 4 nitrogen and oxygen atoms in total. The molecule has 0 amide bonds. The van der Waals surface area contributed by atoms with Crippen LogP contribution in [0, 0.1) is 0 Å². The Morgan fingerprint density at radius 3 is 2.75 bits per heavy atom. The van der Waals surface area contributed by atoms with Crippen molar-refractivity contribution in [2.24, 2.45) is 0 Å². The molecule has 1 aromatic carbocycles. The van der Waals surface area contributed by atoms with Crippen LogP contribution in [0.4, 0.5) is 0 Å². The second kappa shape index (κ2) is 5.48. The molecule has 2 aromatic rings. The molecule has 3 rings (SSSR count). The Hall–Kier alpha value is -1.49. The number of para-hydroxylation sites is 1. The maximum Gasteiger partial charge on any atom is 0.337 e. The highest BCUT2D eigenvalue weighted by Crippen LogP contribution is 2.35. The minimum absolute atomic E-state index is 0.354. The molecule has 1 fully saturated rings. The van der Waals surface area contributed by atoms with Crippen LogP contribution < -0.4 is 0 Å². The Kier molecular flexibility index (Phi) is 3.70. The van der Waals surface area contributed by atoms with Crippen LogP contribution in [0.15, 0.2) is 24.5 Å². The van der Waals surface area contributed by atoms with Gasteiger partial charge in [0, 0.05) is 11.3 Å². The van der Waals surface area contributed by atoms with E-state index in [1.165, 1.54) is 12.8 Å². The Labute approximate surface area is 122 Å². The lowest BCUT2D eigenvalue weighted by Gasteiger charge is -2.28. The van der Waals surface area contributed by atoms with E-state index in [9.17, 15) is 9.90 Å². The van der Waals surface area contributed by atoms with Crippen molar-refractivity contribution in [3.05, 3.63) is 30.1 Å². The van der Waals surface area contributed by atoms with E-state index in [4.69, 9.17) is 0 Å². The lowest BCUT2D eigenvalue weighted by Crippen LogP contribution is -2.19. The molecule has 1 aliphatic carbocycles. The highest BCUT2D eigenvalue weighted by molar-refractivity contribution is 7.99. The van der Waals surface area contributed by atoms with Crippen molar-refractivity contribution in [1.29, 1.82) is 0 Å². The number of fused-ring (bicyclic) bond motifs is 1. The van der Waals surface area contributed by atoms with Gasteiger partial charge in [0.05, 0.1) is 22.9 Å². The Bertz CT molecular complexity index is 630. The molecule has 0 bridgehead atoms. The van der Waals surface area contributed by atoms with Crippen molar-refractivity contribution in [2.75, 3.05) is 6.26 Å². The molecule has 106 valence electrons. The number of carboxylic acids is 1. The first-order chi connectivity index (χ1) is 9.70. The molecule has 20 heavy (non-hydrogen) atoms. The van der Waals surface area contributed by atoms with Gasteiger partial charge in [0.2, 0.25) is 0 Å². The number of benzene rings is 1. The number of rotatable bonds is 3. The van der Waals surface area contributed by atoms with Crippen LogP contribution >= 0.6 is 11.8 Å².